The molecule has 98 valence electrons. The molecule has 0 aliphatic rings. The highest BCUT2D eigenvalue weighted by Crippen LogP contribution is 2.10. The SMILES string of the molecule is NC(=S)CCS(=O)(=O)Cc1ccc(C(=O)O)cc1. The third-order valence-electron chi connectivity index (χ3n) is 2.25. The molecule has 0 spiro atoms. The van der Waals surface area contributed by atoms with Crippen LogP contribution < -0.4 is 5.73 Å². The van der Waals surface area contributed by atoms with E-state index < -0.39 is 15.8 Å². The fourth-order valence-electron chi connectivity index (χ4n) is 1.33. The summed E-state index contributed by atoms with van der Waals surface area (Å²) in [5.74, 6) is -1.28. The number of rotatable bonds is 6. The number of carboxylic acids is 1. The maximum Gasteiger partial charge on any atom is 0.335 e. The first-order chi connectivity index (χ1) is 8.30. The number of carbonyl (C=O) groups is 1. The van der Waals surface area contributed by atoms with Gasteiger partial charge in [-0.2, -0.15) is 0 Å². The van der Waals surface area contributed by atoms with E-state index >= 15 is 0 Å². The number of hydrogen-bond acceptors (Lipinski definition) is 4. The summed E-state index contributed by atoms with van der Waals surface area (Å²) < 4.78 is 23.4. The summed E-state index contributed by atoms with van der Waals surface area (Å²) in [6.07, 6.45) is 0.158. The lowest BCUT2D eigenvalue weighted by Crippen LogP contribution is -2.16. The fourth-order valence-corrected chi connectivity index (χ4v) is 2.93. The second kappa shape index (κ2) is 5.92. The first kappa shape index (κ1) is 14.6. The normalized spacial score (nSPS) is 11.1. The Hall–Kier alpha value is -1.47. The van der Waals surface area contributed by atoms with Crippen LogP contribution in [0.1, 0.15) is 22.3 Å². The molecule has 1 aromatic carbocycles. The second-order valence-corrected chi connectivity index (χ2v) is 6.52. The lowest BCUT2D eigenvalue weighted by molar-refractivity contribution is 0.0697. The van der Waals surface area contributed by atoms with Crippen LogP contribution in [0, 0.1) is 0 Å². The Morgan fingerprint density at radius 3 is 2.28 bits per heavy atom. The molecule has 0 saturated carbocycles. The van der Waals surface area contributed by atoms with Gasteiger partial charge in [-0.15, -0.1) is 0 Å². The Morgan fingerprint density at radius 1 is 1.28 bits per heavy atom. The number of hydrogen-bond donors (Lipinski definition) is 2. The van der Waals surface area contributed by atoms with E-state index in [4.69, 9.17) is 10.8 Å². The zero-order chi connectivity index (χ0) is 13.8. The third-order valence-corrected chi connectivity index (χ3v) is 4.05. The molecule has 0 fully saturated rings. The van der Waals surface area contributed by atoms with E-state index in [-0.39, 0.29) is 28.5 Å². The minimum Gasteiger partial charge on any atom is -0.478 e. The maximum atomic E-state index is 11.7. The monoisotopic (exact) mass is 287 g/mol. The summed E-state index contributed by atoms with van der Waals surface area (Å²) in [5, 5.41) is 8.71. The highest BCUT2D eigenvalue weighted by Gasteiger charge is 2.13. The molecule has 0 amide bonds. The molecular weight excluding hydrogens is 274 g/mol. The average Bonchev–Trinajstić information content (AvgIpc) is 2.27. The van der Waals surface area contributed by atoms with Gasteiger partial charge in [-0.1, -0.05) is 24.4 Å². The molecule has 3 N–H and O–H groups in total. The molecule has 0 bridgehead atoms. The molecule has 0 saturated heterocycles. The van der Waals surface area contributed by atoms with Crippen LogP contribution in [0.3, 0.4) is 0 Å². The molecule has 0 radical (unpaired) electrons. The number of aromatic carboxylic acids is 1. The van der Waals surface area contributed by atoms with Crippen molar-refractivity contribution in [2.75, 3.05) is 5.75 Å². The Balaban J connectivity index is 2.72. The Kier molecular flexibility index (Phi) is 4.80. The van der Waals surface area contributed by atoms with Gasteiger partial charge in [0.2, 0.25) is 0 Å². The van der Waals surface area contributed by atoms with Crippen molar-refractivity contribution < 1.29 is 18.3 Å². The minimum atomic E-state index is -3.28. The van der Waals surface area contributed by atoms with E-state index in [0.717, 1.165) is 0 Å². The molecule has 7 heteroatoms. The maximum absolute atomic E-state index is 11.7. The molecule has 0 aromatic heterocycles. The summed E-state index contributed by atoms with van der Waals surface area (Å²) in [4.78, 5) is 10.8. The van der Waals surface area contributed by atoms with E-state index in [1.54, 1.807) is 0 Å². The van der Waals surface area contributed by atoms with Crippen molar-refractivity contribution in [1.29, 1.82) is 0 Å². The van der Waals surface area contributed by atoms with Crippen molar-refractivity contribution >= 4 is 33.0 Å². The van der Waals surface area contributed by atoms with Crippen LogP contribution in [-0.2, 0) is 15.6 Å². The Labute approximate surface area is 111 Å². The van der Waals surface area contributed by atoms with Crippen LogP contribution in [0.4, 0.5) is 0 Å². The summed E-state index contributed by atoms with van der Waals surface area (Å²) in [6.45, 7) is 0. The van der Waals surface area contributed by atoms with Crippen molar-refractivity contribution in [3.05, 3.63) is 35.4 Å². The lowest BCUT2D eigenvalue weighted by atomic mass is 10.1. The zero-order valence-electron chi connectivity index (χ0n) is 9.50. The van der Waals surface area contributed by atoms with Gasteiger partial charge in [0.1, 0.15) is 0 Å². The number of nitrogens with two attached hydrogens (primary N) is 1. The topological polar surface area (TPSA) is 97.5 Å². The van der Waals surface area contributed by atoms with E-state index in [1.165, 1.54) is 24.3 Å². The van der Waals surface area contributed by atoms with Crippen molar-refractivity contribution in [3.8, 4) is 0 Å². The molecule has 0 heterocycles. The van der Waals surface area contributed by atoms with Crippen LogP contribution in [0.2, 0.25) is 0 Å². The van der Waals surface area contributed by atoms with Crippen molar-refractivity contribution in [2.24, 2.45) is 5.73 Å². The summed E-state index contributed by atoms with van der Waals surface area (Å²) in [6, 6.07) is 5.73. The highest BCUT2D eigenvalue weighted by atomic mass is 32.2. The van der Waals surface area contributed by atoms with Crippen LogP contribution in [-0.4, -0.2) is 30.2 Å². The van der Waals surface area contributed by atoms with Gasteiger partial charge in [-0.25, -0.2) is 13.2 Å². The molecule has 0 aliphatic heterocycles. The van der Waals surface area contributed by atoms with Crippen molar-refractivity contribution in [3.63, 3.8) is 0 Å². The summed E-state index contributed by atoms with van der Waals surface area (Å²) >= 11 is 4.62. The molecule has 0 unspecified atom stereocenters. The van der Waals surface area contributed by atoms with Crippen LogP contribution >= 0.6 is 12.2 Å². The van der Waals surface area contributed by atoms with Crippen LogP contribution in [0.25, 0.3) is 0 Å². The van der Waals surface area contributed by atoms with Gasteiger partial charge in [-0.3, -0.25) is 0 Å². The minimum absolute atomic E-state index is 0.0942. The van der Waals surface area contributed by atoms with Gasteiger partial charge < -0.3 is 10.8 Å². The molecule has 0 aliphatic carbocycles. The quantitative estimate of drug-likeness (QED) is 0.757. The smallest absolute Gasteiger partial charge is 0.335 e. The van der Waals surface area contributed by atoms with Gasteiger partial charge in [0.05, 0.1) is 22.1 Å². The van der Waals surface area contributed by atoms with Crippen LogP contribution in [0.5, 0.6) is 0 Å². The van der Waals surface area contributed by atoms with Gasteiger partial charge in [0.15, 0.2) is 9.84 Å². The van der Waals surface area contributed by atoms with Crippen molar-refractivity contribution in [2.45, 2.75) is 12.2 Å². The molecule has 1 rings (SSSR count). The Morgan fingerprint density at radius 2 is 1.83 bits per heavy atom. The fraction of sp³-hybridized carbons (Fsp3) is 0.273. The number of benzene rings is 1. The Bertz CT molecular complexity index is 549. The zero-order valence-corrected chi connectivity index (χ0v) is 11.1. The van der Waals surface area contributed by atoms with Gasteiger partial charge >= 0.3 is 5.97 Å². The van der Waals surface area contributed by atoms with E-state index in [0.29, 0.717) is 5.56 Å². The molecule has 5 nitrogen and oxygen atoms in total. The van der Waals surface area contributed by atoms with E-state index in [9.17, 15) is 13.2 Å². The molecule has 1 aromatic rings. The molecule has 0 atom stereocenters. The van der Waals surface area contributed by atoms with Gasteiger partial charge in [0, 0.05) is 6.42 Å². The first-order valence-corrected chi connectivity index (χ1v) is 7.34. The predicted octanol–water partition coefficient (Wildman–Crippen LogP) is 0.976. The summed E-state index contributed by atoms with van der Waals surface area (Å²) in [5.41, 5.74) is 5.92. The largest absolute Gasteiger partial charge is 0.478 e. The second-order valence-electron chi connectivity index (χ2n) is 3.81. The first-order valence-electron chi connectivity index (χ1n) is 5.11. The third kappa shape index (κ3) is 4.80. The van der Waals surface area contributed by atoms with Gasteiger partial charge in [0.25, 0.3) is 0 Å². The standard InChI is InChI=1S/C11H13NO4S2/c12-10(17)5-6-18(15,16)7-8-1-3-9(4-2-8)11(13)14/h1-4H,5-7H2,(H2,12,17)(H,13,14). The lowest BCUT2D eigenvalue weighted by Gasteiger charge is -2.04. The van der Waals surface area contributed by atoms with Crippen LogP contribution in [0.15, 0.2) is 24.3 Å². The molecule has 18 heavy (non-hydrogen) atoms. The predicted molar refractivity (Wildman–Crippen MR) is 72.3 cm³/mol. The summed E-state index contributed by atoms with van der Waals surface area (Å²) in [7, 11) is -3.28. The number of thiocarbonyl (C=S) groups is 1. The molecular formula is C11H13NO4S2. The van der Waals surface area contributed by atoms with E-state index in [2.05, 4.69) is 12.2 Å². The number of carboxylic acid groups (broad SMARTS) is 1. The van der Waals surface area contributed by atoms with Crippen molar-refractivity contribution in [1.82, 2.24) is 0 Å². The van der Waals surface area contributed by atoms with E-state index in [1.807, 2.05) is 0 Å². The average molecular weight is 287 g/mol. The van der Waals surface area contributed by atoms with Gasteiger partial charge in [-0.05, 0) is 17.7 Å². The highest BCUT2D eigenvalue weighted by molar-refractivity contribution is 7.90. The number of sulfone groups is 1.